The summed E-state index contributed by atoms with van der Waals surface area (Å²) in [7, 11) is 1.40. The molecule has 0 aliphatic heterocycles. The van der Waals surface area contributed by atoms with Crippen LogP contribution in [0.1, 0.15) is 30.6 Å². The summed E-state index contributed by atoms with van der Waals surface area (Å²) in [6, 6.07) is 4.26. The van der Waals surface area contributed by atoms with Gasteiger partial charge in [0, 0.05) is 5.56 Å². The van der Waals surface area contributed by atoms with Gasteiger partial charge in [-0.25, -0.2) is 4.39 Å². The average Bonchev–Trinajstić information content (AvgIpc) is 2.27. The van der Waals surface area contributed by atoms with Crippen molar-refractivity contribution in [3.8, 4) is 11.8 Å². The van der Waals surface area contributed by atoms with E-state index in [0.29, 0.717) is 6.42 Å². The first-order chi connectivity index (χ1) is 7.13. The van der Waals surface area contributed by atoms with E-state index in [4.69, 9.17) is 10.00 Å². The molecule has 0 fully saturated rings. The maximum Gasteiger partial charge on any atom is 0.137 e. The van der Waals surface area contributed by atoms with Crippen molar-refractivity contribution in [3.63, 3.8) is 0 Å². The van der Waals surface area contributed by atoms with E-state index in [1.165, 1.54) is 13.2 Å². The number of aliphatic hydroxyl groups is 1. The van der Waals surface area contributed by atoms with E-state index in [2.05, 4.69) is 0 Å². The van der Waals surface area contributed by atoms with Gasteiger partial charge in [0.25, 0.3) is 0 Å². The Morgan fingerprint density at radius 2 is 2.27 bits per heavy atom. The van der Waals surface area contributed by atoms with Crippen molar-refractivity contribution in [3.05, 3.63) is 29.1 Å². The van der Waals surface area contributed by atoms with Crippen LogP contribution in [0, 0.1) is 17.1 Å². The Kier molecular flexibility index (Phi) is 3.64. The molecule has 1 unspecified atom stereocenters. The SMILES string of the molecule is CCC(O)c1cc(OC)c(C#N)cc1F. The van der Waals surface area contributed by atoms with Gasteiger partial charge in [-0.2, -0.15) is 5.26 Å². The highest BCUT2D eigenvalue weighted by Gasteiger charge is 2.15. The van der Waals surface area contributed by atoms with Crippen molar-refractivity contribution < 1.29 is 14.2 Å². The van der Waals surface area contributed by atoms with Crippen LogP contribution in [0.15, 0.2) is 12.1 Å². The molecule has 1 aromatic carbocycles. The third-order valence-corrected chi connectivity index (χ3v) is 2.18. The normalized spacial score (nSPS) is 11.9. The Hall–Kier alpha value is -1.60. The summed E-state index contributed by atoms with van der Waals surface area (Å²) in [5.41, 5.74) is 0.287. The highest BCUT2D eigenvalue weighted by atomic mass is 19.1. The van der Waals surface area contributed by atoms with E-state index >= 15 is 0 Å². The number of nitriles is 1. The Labute approximate surface area is 87.7 Å². The first kappa shape index (κ1) is 11.5. The van der Waals surface area contributed by atoms with E-state index < -0.39 is 11.9 Å². The number of ether oxygens (including phenoxy) is 1. The molecule has 0 amide bonds. The third kappa shape index (κ3) is 2.25. The summed E-state index contributed by atoms with van der Waals surface area (Å²) in [5.74, 6) is -0.303. The Balaban J connectivity index is 3.27. The fraction of sp³-hybridized carbons (Fsp3) is 0.364. The number of aliphatic hydroxyl groups excluding tert-OH is 1. The van der Waals surface area contributed by atoms with Gasteiger partial charge in [-0.1, -0.05) is 6.92 Å². The van der Waals surface area contributed by atoms with Crippen molar-refractivity contribution in [2.24, 2.45) is 0 Å². The lowest BCUT2D eigenvalue weighted by Gasteiger charge is -2.11. The molecule has 0 aliphatic carbocycles. The van der Waals surface area contributed by atoms with E-state index in [1.807, 2.05) is 6.07 Å². The highest BCUT2D eigenvalue weighted by Crippen LogP contribution is 2.27. The molecule has 80 valence electrons. The molecule has 1 N–H and O–H groups in total. The van der Waals surface area contributed by atoms with Crippen molar-refractivity contribution >= 4 is 0 Å². The molecule has 0 saturated heterocycles. The Bertz CT molecular complexity index is 398. The molecule has 4 heteroatoms. The summed E-state index contributed by atoms with van der Waals surface area (Å²) in [5, 5.41) is 18.2. The maximum atomic E-state index is 13.4. The first-order valence-electron chi connectivity index (χ1n) is 4.59. The van der Waals surface area contributed by atoms with Crippen LogP contribution in [0.4, 0.5) is 4.39 Å². The van der Waals surface area contributed by atoms with E-state index in [9.17, 15) is 9.50 Å². The van der Waals surface area contributed by atoms with Crippen molar-refractivity contribution in [1.82, 2.24) is 0 Å². The van der Waals surface area contributed by atoms with Gasteiger partial charge >= 0.3 is 0 Å². The van der Waals surface area contributed by atoms with Gasteiger partial charge in [-0.05, 0) is 18.6 Å². The van der Waals surface area contributed by atoms with Gasteiger partial charge in [0.05, 0.1) is 18.8 Å². The maximum absolute atomic E-state index is 13.4. The molecule has 0 aromatic heterocycles. The van der Waals surface area contributed by atoms with Crippen LogP contribution in [0.2, 0.25) is 0 Å². The minimum Gasteiger partial charge on any atom is -0.495 e. The van der Waals surface area contributed by atoms with Gasteiger partial charge in [0.15, 0.2) is 0 Å². The Morgan fingerprint density at radius 1 is 1.60 bits per heavy atom. The minimum absolute atomic E-state index is 0.127. The minimum atomic E-state index is -0.869. The van der Waals surface area contributed by atoms with E-state index in [1.54, 1.807) is 6.92 Å². The lowest BCUT2D eigenvalue weighted by Crippen LogP contribution is -2.01. The van der Waals surface area contributed by atoms with Crippen molar-refractivity contribution in [2.75, 3.05) is 7.11 Å². The van der Waals surface area contributed by atoms with Crippen LogP contribution in [0.3, 0.4) is 0 Å². The van der Waals surface area contributed by atoms with Crippen molar-refractivity contribution in [2.45, 2.75) is 19.4 Å². The van der Waals surface area contributed by atoms with Crippen LogP contribution in [0.25, 0.3) is 0 Å². The summed E-state index contributed by atoms with van der Waals surface area (Å²) in [6.07, 6.45) is -0.460. The van der Waals surface area contributed by atoms with Crippen molar-refractivity contribution in [1.29, 1.82) is 5.26 Å². The number of hydrogen-bond acceptors (Lipinski definition) is 3. The van der Waals surface area contributed by atoms with Crippen LogP contribution >= 0.6 is 0 Å². The second kappa shape index (κ2) is 4.76. The number of benzene rings is 1. The van der Waals surface area contributed by atoms with Gasteiger partial charge in [0.2, 0.25) is 0 Å². The largest absolute Gasteiger partial charge is 0.495 e. The van der Waals surface area contributed by atoms with Gasteiger partial charge in [0.1, 0.15) is 17.6 Å². The fourth-order valence-corrected chi connectivity index (χ4v) is 1.30. The molecule has 0 saturated carbocycles. The molecule has 0 aliphatic rings. The fourth-order valence-electron chi connectivity index (χ4n) is 1.30. The summed E-state index contributed by atoms with van der Waals surface area (Å²) in [6.45, 7) is 1.74. The predicted molar refractivity (Wildman–Crippen MR) is 52.9 cm³/mol. The predicted octanol–water partition coefficient (Wildman–Crippen LogP) is 2.15. The van der Waals surface area contributed by atoms with E-state index in [-0.39, 0.29) is 16.9 Å². The Morgan fingerprint density at radius 3 is 2.73 bits per heavy atom. The number of nitrogens with zero attached hydrogens (tertiary/aromatic N) is 1. The quantitative estimate of drug-likeness (QED) is 0.829. The molecule has 15 heavy (non-hydrogen) atoms. The molecule has 0 bridgehead atoms. The molecule has 1 rings (SSSR count). The second-order valence-electron chi connectivity index (χ2n) is 3.11. The zero-order valence-corrected chi connectivity index (χ0v) is 8.62. The zero-order valence-electron chi connectivity index (χ0n) is 8.62. The number of halogens is 1. The number of rotatable bonds is 3. The average molecular weight is 209 g/mol. The molecule has 1 aromatic rings. The molecule has 0 radical (unpaired) electrons. The molecule has 1 atom stereocenters. The van der Waals surface area contributed by atoms with Crippen LogP contribution in [-0.4, -0.2) is 12.2 Å². The third-order valence-electron chi connectivity index (χ3n) is 2.18. The highest BCUT2D eigenvalue weighted by molar-refractivity contribution is 5.46. The van der Waals surface area contributed by atoms with E-state index in [0.717, 1.165) is 6.07 Å². The van der Waals surface area contributed by atoms with Gasteiger partial charge < -0.3 is 9.84 Å². The summed E-state index contributed by atoms with van der Waals surface area (Å²) in [4.78, 5) is 0. The zero-order chi connectivity index (χ0) is 11.4. The topological polar surface area (TPSA) is 53.2 Å². The summed E-state index contributed by atoms with van der Waals surface area (Å²) >= 11 is 0. The standard InChI is InChI=1S/C11H12FNO2/c1-3-10(14)8-5-11(15-2)7(6-13)4-9(8)12/h4-5,10,14H,3H2,1-2H3. The lowest BCUT2D eigenvalue weighted by atomic mass is 10.0. The molecule has 0 spiro atoms. The molecule has 0 heterocycles. The number of methoxy groups -OCH3 is 1. The van der Waals surface area contributed by atoms with Crippen LogP contribution in [-0.2, 0) is 0 Å². The summed E-state index contributed by atoms with van der Waals surface area (Å²) < 4.78 is 18.4. The first-order valence-corrected chi connectivity index (χ1v) is 4.59. The second-order valence-corrected chi connectivity index (χ2v) is 3.11. The van der Waals surface area contributed by atoms with Crippen LogP contribution < -0.4 is 4.74 Å². The lowest BCUT2D eigenvalue weighted by molar-refractivity contribution is 0.168. The molecular formula is C11H12FNO2. The number of hydrogen-bond donors (Lipinski definition) is 1. The molecule has 3 nitrogen and oxygen atoms in total. The van der Waals surface area contributed by atoms with Gasteiger partial charge in [-0.3, -0.25) is 0 Å². The van der Waals surface area contributed by atoms with Gasteiger partial charge in [-0.15, -0.1) is 0 Å². The monoisotopic (exact) mass is 209 g/mol. The molecular weight excluding hydrogens is 197 g/mol. The van der Waals surface area contributed by atoms with Crippen LogP contribution in [0.5, 0.6) is 5.75 Å². The smallest absolute Gasteiger partial charge is 0.137 e.